The van der Waals surface area contributed by atoms with Crippen LogP contribution in [0, 0.1) is 5.82 Å². The van der Waals surface area contributed by atoms with Crippen molar-refractivity contribution in [2.75, 3.05) is 5.43 Å². The van der Waals surface area contributed by atoms with Crippen LogP contribution >= 0.6 is 27.3 Å². The molecule has 0 radical (unpaired) electrons. The number of thiophene rings is 1. The number of nitrogen functional groups attached to an aromatic ring is 1. The summed E-state index contributed by atoms with van der Waals surface area (Å²) in [6, 6.07) is 6.23. The number of hydrogen-bond acceptors (Lipinski definition) is 6. The van der Waals surface area contributed by atoms with Crippen molar-refractivity contribution in [2.45, 2.75) is 6.61 Å². The lowest BCUT2D eigenvalue weighted by Crippen LogP contribution is -2.11. The molecule has 2 heterocycles. The molecular formula is C13H10BrFN4OS. The second-order valence-electron chi connectivity index (χ2n) is 4.17. The van der Waals surface area contributed by atoms with E-state index < -0.39 is 0 Å². The molecule has 5 nitrogen and oxygen atoms in total. The highest BCUT2D eigenvalue weighted by Gasteiger charge is 2.09. The van der Waals surface area contributed by atoms with Crippen molar-refractivity contribution in [3.8, 4) is 5.75 Å². The van der Waals surface area contributed by atoms with E-state index in [4.69, 9.17) is 10.6 Å². The first-order chi connectivity index (χ1) is 10.2. The molecule has 0 aliphatic rings. The lowest BCUT2D eigenvalue weighted by Gasteiger charge is -2.08. The SMILES string of the molecule is NNc1nc(COc2cc(F)cc(Br)c2)nc2sccc12. The summed E-state index contributed by atoms with van der Waals surface area (Å²) >= 11 is 4.70. The van der Waals surface area contributed by atoms with E-state index in [1.807, 2.05) is 11.4 Å². The average Bonchev–Trinajstić information content (AvgIpc) is 2.91. The first kappa shape index (κ1) is 14.2. The van der Waals surface area contributed by atoms with Gasteiger partial charge >= 0.3 is 0 Å². The Hall–Kier alpha value is -1.77. The van der Waals surface area contributed by atoms with Crippen molar-refractivity contribution in [3.63, 3.8) is 0 Å². The molecule has 3 aromatic rings. The van der Waals surface area contributed by atoms with Gasteiger partial charge in [0.1, 0.15) is 23.0 Å². The normalized spacial score (nSPS) is 10.8. The molecule has 0 spiro atoms. The monoisotopic (exact) mass is 368 g/mol. The Kier molecular flexibility index (Phi) is 4.00. The van der Waals surface area contributed by atoms with E-state index >= 15 is 0 Å². The number of nitrogens with zero attached hydrogens (tertiary/aromatic N) is 2. The molecule has 8 heteroatoms. The fraction of sp³-hybridized carbons (Fsp3) is 0.0769. The van der Waals surface area contributed by atoms with Crippen LogP contribution in [-0.2, 0) is 6.61 Å². The minimum absolute atomic E-state index is 0.123. The summed E-state index contributed by atoms with van der Waals surface area (Å²) in [7, 11) is 0. The minimum Gasteiger partial charge on any atom is -0.485 e. The molecule has 0 unspecified atom stereocenters. The molecule has 0 bridgehead atoms. The summed E-state index contributed by atoms with van der Waals surface area (Å²) < 4.78 is 19.4. The highest BCUT2D eigenvalue weighted by molar-refractivity contribution is 9.10. The van der Waals surface area contributed by atoms with Crippen LogP contribution in [0.5, 0.6) is 5.75 Å². The summed E-state index contributed by atoms with van der Waals surface area (Å²) in [5.74, 6) is 6.50. The zero-order chi connectivity index (χ0) is 14.8. The second kappa shape index (κ2) is 5.92. The van der Waals surface area contributed by atoms with Crippen LogP contribution in [-0.4, -0.2) is 9.97 Å². The van der Waals surface area contributed by atoms with Crippen molar-refractivity contribution in [3.05, 3.63) is 45.8 Å². The molecule has 3 rings (SSSR count). The fourth-order valence-electron chi connectivity index (χ4n) is 1.83. The highest BCUT2D eigenvalue weighted by Crippen LogP contribution is 2.25. The third kappa shape index (κ3) is 3.12. The molecule has 0 saturated heterocycles. The van der Waals surface area contributed by atoms with Gasteiger partial charge in [0.2, 0.25) is 0 Å². The lowest BCUT2D eigenvalue weighted by molar-refractivity contribution is 0.295. The molecule has 3 N–H and O–H groups in total. The Morgan fingerprint density at radius 3 is 2.95 bits per heavy atom. The number of ether oxygens (including phenoxy) is 1. The van der Waals surface area contributed by atoms with E-state index in [0.717, 1.165) is 10.2 Å². The van der Waals surface area contributed by atoms with Gasteiger partial charge in [-0.2, -0.15) is 0 Å². The Morgan fingerprint density at radius 1 is 1.33 bits per heavy atom. The molecule has 21 heavy (non-hydrogen) atoms. The quantitative estimate of drug-likeness (QED) is 0.544. The number of nitrogens with two attached hydrogens (primary N) is 1. The average molecular weight is 369 g/mol. The number of rotatable bonds is 4. The van der Waals surface area contributed by atoms with Crippen LogP contribution in [0.3, 0.4) is 0 Å². The molecule has 0 atom stereocenters. The van der Waals surface area contributed by atoms with E-state index in [2.05, 4.69) is 31.3 Å². The van der Waals surface area contributed by atoms with E-state index in [0.29, 0.717) is 21.9 Å². The van der Waals surface area contributed by atoms with Gasteiger partial charge in [-0.05, 0) is 23.6 Å². The van der Waals surface area contributed by atoms with Crippen molar-refractivity contribution >= 4 is 43.3 Å². The summed E-state index contributed by atoms with van der Waals surface area (Å²) in [5, 5.41) is 2.77. The molecular weight excluding hydrogens is 359 g/mol. The fourth-order valence-corrected chi connectivity index (χ4v) is 3.06. The van der Waals surface area contributed by atoms with Gasteiger partial charge in [0, 0.05) is 10.5 Å². The third-order valence-corrected chi connectivity index (χ3v) is 3.98. The van der Waals surface area contributed by atoms with E-state index in [-0.39, 0.29) is 12.4 Å². The van der Waals surface area contributed by atoms with Gasteiger partial charge in [0.15, 0.2) is 11.6 Å². The predicted octanol–water partition coefficient (Wildman–Crippen LogP) is 3.46. The summed E-state index contributed by atoms with van der Waals surface area (Å²) in [6.07, 6.45) is 0. The predicted molar refractivity (Wildman–Crippen MR) is 83.7 cm³/mol. The Balaban J connectivity index is 1.84. The minimum atomic E-state index is -0.377. The number of fused-ring (bicyclic) bond motifs is 1. The van der Waals surface area contributed by atoms with Crippen molar-refractivity contribution < 1.29 is 9.13 Å². The molecule has 2 aromatic heterocycles. The van der Waals surface area contributed by atoms with Gasteiger partial charge < -0.3 is 10.2 Å². The van der Waals surface area contributed by atoms with Gasteiger partial charge in [-0.3, -0.25) is 0 Å². The van der Waals surface area contributed by atoms with E-state index in [1.54, 1.807) is 6.07 Å². The number of hydrogen-bond donors (Lipinski definition) is 2. The maximum absolute atomic E-state index is 13.3. The topological polar surface area (TPSA) is 73.1 Å². The molecule has 0 aliphatic heterocycles. The third-order valence-electron chi connectivity index (χ3n) is 2.71. The molecule has 0 saturated carbocycles. The maximum Gasteiger partial charge on any atom is 0.169 e. The second-order valence-corrected chi connectivity index (χ2v) is 5.98. The van der Waals surface area contributed by atoms with Crippen LogP contribution in [0.2, 0.25) is 0 Å². The Bertz CT molecular complexity index is 775. The molecule has 1 aromatic carbocycles. The van der Waals surface area contributed by atoms with Crippen molar-refractivity contribution in [1.82, 2.24) is 9.97 Å². The van der Waals surface area contributed by atoms with Gasteiger partial charge in [0.05, 0.1) is 5.39 Å². The number of aromatic nitrogens is 2. The number of benzene rings is 1. The molecule has 0 amide bonds. The van der Waals surface area contributed by atoms with Crippen LogP contribution in [0.1, 0.15) is 5.82 Å². The van der Waals surface area contributed by atoms with Crippen LogP contribution in [0.25, 0.3) is 10.2 Å². The van der Waals surface area contributed by atoms with Crippen molar-refractivity contribution in [2.24, 2.45) is 5.84 Å². The van der Waals surface area contributed by atoms with Gasteiger partial charge in [0.25, 0.3) is 0 Å². The van der Waals surface area contributed by atoms with Gasteiger partial charge in [-0.15, -0.1) is 11.3 Å². The number of anilines is 1. The van der Waals surface area contributed by atoms with E-state index in [1.165, 1.54) is 23.5 Å². The number of halogens is 2. The lowest BCUT2D eigenvalue weighted by atomic mass is 10.3. The van der Waals surface area contributed by atoms with E-state index in [9.17, 15) is 4.39 Å². The van der Waals surface area contributed by atoms with Crippen LogP contribution in [0.4, 0.5) is 10.2 Å². The summed E-state index contributed by atoms with van der Waals surface area (Å²) in [6.45, 7) is 0.123. The number of hydrazine groups is 1. The smallest absolute Gasteiger partial charge is 0.169 e. The molecule has 0 aliphatic carbocycles. The Morgan fingerprint density at radius 2 is 2.19 bits per heavy atom. The maximum atomic E-state index is 13.3. The highest BCUT2D eigenvalue weighted by atomic mass is 79.9. The number of nitrogens with one attached hydrogen (secondary N) is 1. The van der Waals surface area contributed by atoms with Gasteiger partial charge in [-0.25, -0.2) is 20.2 Å². The summed E-state index contributed by atoms with van der Waals surface area (Å²) in [4.78, 5) is 9.48. The van der Waals surface area contributed by atoms with Crippen LogP contribution in [0.15, 0.2) is 34.1 Å². The molecule has 108 valence electrons. The van der Waals surface area contributed by atoms with Crippen LogP contribution < -0.4 is 16.0 Å². The zero-order valence-corrected chi connectivity index (χ0v) is 13.0. The largest absolute Gasteiger partial charge is 0.485 e. The molecule has 0 fully saturated rings. The summed E-state index contributed by atoms with van der Waals surface area (Å²) in [5.41, 5.74) is 2.55. The van der Waals surface area contributed by atoms with Crippen molar-refractivity contribution in [1.29, 1.82) is 0 Å². The standard InChI is InChI=1S/C13H10BrFN4OS/c14-7-3-8(15)5-9(4-7)20-6-11-17-12(19-16)10-1-2-21-13(10)18-11/h1-5H,6,16H2,(H,17,18,19). The zero-order valence-electron chi connectivity index (χ0n) is 10.6. The Labute approximate surface area is 132 Å². The first-order valence-corrected chi connectivity index (χ1v) is 7.62. The van der Waals surface area contributed by atoms with Gasteiger partial charge in [-0.1, -0.05) is 15.9 Å². The first-order valence-electron chi connectivity index (χ1n) is 5.95.